The third-order valence-electron chi connectivity index (χ3n) is 4.95. The summed E-state index contributed by atoms with van der Waals surface area (Å²) in [5.74, 6) is -2.56. The molecule has 2 bridgehead atoms. The highest BCUT2D eigenvalue weighted by molar-refractivity contribution is 6.23. The first-order valence-corrected chi connectivity index (χ1v) is 7.56. The molecule has 1 aromatic carbocycles. The molecule has 0 unspecified atom stereocenters. The molecule has 7 heteroatoms. The Morgan fingerprint density at radius 3 is 2.62 bits per heavy atom. The van der Waals surface area contributed by atoms with Gasteiger partial charge in [0.25, 0.3) is 0 Å². The van der Waals surface area contributed by atoms with Crippen LogP contribution in [0, 0.1) is 11.8 Å². The number of rotatable bonds is 3. The molecule has 1 aromatic rings. The Bertz CT molecular complexity index is 770. The molecule has 0 aliphatic carbocycles. The number of hydrogen-bond donors (Lipinski definition) is 1. The summed E-state index contributed by atoms with van der Waals surface area (Å²) >= 11 is 0. The predicted molar refractivity (Wildman–Crippen MR) is 81.1 cm³/mol. The normalized spacial score (nSPS) is 33.2. The van der Waals surface area contributed by atoms with E-state index < -0.39 is 35.4 Å². The number of aliphatic hydroxyl groups excluding tert-OH is 1. The monoisotopic (exact) mass is 329 g/mol. The highest BCUT2D eigenvalue weighted by atomic mass is 16.5. The van der Waals surface area contributed by atoms with Gasteiger partial charge < -0.3 is 14.6 Å². The van der Waals surface area contributed by atoms with E-state index in [2.05, 4.69) is 4.74 Å². The van der Waals surface area contributed by atoms with Crippen LogP contribution in [0.5, 0.6) is 0 Å². The molecule has 1 N–H and O–H groups in total. The second kappa shape index (κ2) is 4.99. The Balaban J connectivity index is 1.68. The van der Waals surface area contributed by atoms with Crippen molar-refractivity contribution in [1.82, 2.24) is 0 Å². The maximum atomic E-state index is 12.8. The molecule has 4 rings (SSSR count). The van der Waals surface area contributed by atoms with Gasteiger partial charge in [0.15, 0.2) is 0 Å². The van der Waals surface area contributed by atoms with E-state index in [1.54, 1.807) is 12.2 Å². The zero-order valence-electron chi connectivity index (χ0n) is 12.8. The van der Waals surface area contributed by atoms with Crippen molar-refractivity contribution in [3.8, 4) is 0 Å². The Labute approximate surface area is 137 Å². The van der Waals surface area contributed by atoms with E-state index in [1.807, 2.05) is 0 Å². The van der Waals surface area contributed by atoms with E-state index in [1.165, 1.54) is 31.4 Å². The van der Waals surface area contributed by atoms with E-state index in [9.17, 15) is 19.5 Å². The maximum Gasteiger partial charge on any atom is 0.337 e. The largest absolute Gasteiger partial charge is 0.465 e. The number of aliphatic hydroxyl groups is 1. The number of nitrogens with zero attached hydrogens (tertiary/aromatic N) is 1. The van der Waals surface area contributed by atoms with E-state index in [0.717, 1.165) is 4.90 Å². The molecule has 7 nitrogen and oxygen atoms in total. The van der Waals surface area contributed by atoms with Crippen LogP contribution in [0.15, 0.2) is 36.4 Å². The first kappa shape index (κ1) is 15.0. The highest BCUT2D eigenvalue weighted by Crippen LogP contribution is 2.52. The van der Waals surface area contributed by atoms with Gasteiger partial charge in [0.05, 0.1) is 42.9 Å². The molecule has 3 aliphatic heterocycles. The van der Waals surface area contributed by atoms with Crippen LogP contribution in [0.3, 0.4) is 0 Å². The van der Waals surface area contributed by atoms with Gasteiger partial charge in [-0.15, -0.1) is 0 Å². The number of benzene rings is 1. The Morgan fingerprint density at radius 1 is 1.29 bits per heavy atom. The van der Waals surface area contributed by atoms with Gasteiger partial charge in [0.1, 0.15) is 5.60 Å². The lowest BCUT2D eigenvalue weighted by atomic mass is 9.77. The van der Waals surface area contributed by atoms with Crippen LogP contribution in [0.4, 0.5) is 5.69 Å². The van der Waals surface area contributed by atoms with Gasteiger partial charge in [-0.25, -0.2) is 9.69 Å². The zero-order valence-corrected chi connectivity index (χ0v) is 12.8. The fourth-order valence-electron chi connectivity index (χ4n) is 3.80. The first-order chi connectivity index (χ1) is 11.5. The molecule has 24 heavy (non-hydrogen) atoms. The number of imide groups is 1. The maximum absolute atomic E-state index is 12.8. The summed E-state index contributed by atoms with van der Waals surface area (Å²) < 4.78 is 10.3. The molecule has 2 fully saturated rings. The third kappa shape index (κ3) is 1.76. The lowest BCUT2D eigenvalue weighted by molar-refractivity contribution is -0.128. The highest BCUT2D eigenvalue weighted by Gasteiger charge is 2.67. The van der Waals surface area contributed by atoms with Crippen molar-refractivity contribution in [3.63, 3.8) is 0 Å². The van der Waals surface area contributed by atoms with Crippen molar-refractivity contribution >= 4 is 23.5 Å². The molecular formula is C17H15NO6. The molecule has 0 spiro atoms. The minimum Gasteiger partial charge on any atom is -0.465 e. The van der Waals surface area contributed by atoms with Crippen molar-refractivity contribution in [2.75, 3.05) is 18.6 Å². The van der Waals surface area contributed by atoms with Crippen molar-refractivity contribution in [1.29, 1.82) is 0 Å². The number of anilines is 1. The quantitative estimate of drug-likeness (QED) is 0.486. The van der Waals surface area contributed by atoms with Gasteiger partial charge in [-0.05, 0) is 24.3 Å². The molecule has 4 atom stereocenters. The molecule has 2 amide bonds. The average molecular weight is 329 g/mol. The van der Waals surface area contributed by atoms with Crippen molar-refractivity contribution < 1.29 is 29.0 Å². The van der Waals surface area contributed by atoms with Crippen LogP contribution in [-0.4, -0.2) is 48.3 Å². The van der Waals surface area contributed by atoms with Gasteiger partial charge in [0, 0.05) is 0 Å². The third-order valence-corrected chi connectivity index (χ3v) is 4.95. The zero-order chi connectivity index (χ0) is 17.1. The lowest BCUT2D eigenvalue weighted by Crippen LogP contribution is -2.43. The summed E-state index contributed by atoms with van der Waals surface area (Å²) in [4.78, 5) is 38.2. The van der Waals surface area contributed by atoms with Crippen LogP contribution in [0.2, 0.25) is 0 Å². The second-order valence-corrected chi connectivity index (χ2v) is 6.11. The van der Waals surface area contributed by atoms with Crippen LogP contribution in [0.1, 0.15) is 10.4 Å². The van der Waals surface area contributed by atoms with Crippen molar-refractivity contribution in [3.05, 3.63) is 42.0 Å². The van der Waals surface area contributed by atoms with Gasteiger partial charge in [-0.1, -0.05) is 12.2 Å². The summed E-state index contributed by atoms with van der Waals surface area (Å²) in [6.45, 7) is -0.352. The van der Waals surface area contributed by atoms with Crippen LogP contribution >= 0.6 is 0 Å². The minimum atomic E-state index is -1.11. The summed E-state index contributed by atoms with van der Waals surface area (Å²) in [5.41, 5.74) is -0.389. The van der Waals surface area contributed by atoms with Gasteiger partial charge in [-0.2, -0.15) is 0 Å². The molecular weight excluding hydrogens is 314 g/mol. The topological polar surface area (TPSA) is 93.1 Å². The molecule has 2 saturated heterocycles. The van der Waals surface area contributed by atoms with Crippen LogP contribution < -0.4 is 4.90 Å². The summed E-state index contributed by atoms with van der Waals surface area (Å²) in [6.07, 6.45) is 2.92. The summed E-state index contributed by atoms with van der Waals surface area (Å²) in [6, 6.07) is 6.07. The van der Waals surface area contributed by atoms with E-state index in [-0.39, 0.29) is 12.5 Å². The molecule has 124 valence electrons. The van der Waals surface area contributed by atoms with E-state index >= 15 is 0 Å². The molecule has 0 saturated carbocycles. The standard InChI is InChI=1S/C17H15NO6/c1-23-16(22)9-2-4-10(5-3-9)18-14(20)12-11-6-7-17(8-19,24-11)13(12)15(18)21/h2-7,11-13,19H,8H2,1H3/t11-,12+,13+,17-/m1/s1. The van der Waals surface area contributed by atoms with Gasteiger partial charge >= 0.3 is 5.97 Å². The number of fused-ring (bicyclic) bond motifs is 5. The Hall–Kier alpha value is -2.51. The number of esters is 1. The number of carbonyl (C=O) groups excluding carboxylic acids is 3. The van der Waals surface area contributed by atoms with Crippen molar-refractivity contribution in [2.24, 2.45) is 11.8 Å². The summed E-state index contributed by atoms with van der Waals surface area (Å²) in [5, 5.41) is 9.67. The van der Waals surface area contributed by atoms with Crippen molar-refractivity contribution in [2.45, 2.75) is 11.7 Å². The van der Waals surface area contributed by atoms with Gasteiger partial charge in [0.2, 0.25) is 11.8 Å². The molecule has 0 radical (unpaired) electrons. The number of hydrogen-bond acceptors (Lipinski definition) is 6. The van der Waals surface area contributed by atoms with E-state index in [4.69, 9.17) is 4.74 Å². The number of amides is 2. The van der Waals surface area contributed by atoms with Crippen LogP contribution in [-0.2, 0) is 19.1 Å². The number of ether oxygens (including phenoxy) is 2. The summed E-state index contributed by atoms with van der Waals surface area (Å²) in [7, 11) is 1.28. The second-order valence-electron chi connectivity index (χ2n) is 6.11. The first-order valence-electron chi connectivity index (χ1n) is 7.56. The molecule has 3 heterocycles. The fraction of sp³-hybridized carbons (Fsp3) is 0.353. The van der Waals surface area contributed by atoms with Crippen LogP contribution in [0.25, 0.3) is 0 Å². The SMILES string of the molecule is COC(=O)c1ccc(N2C(=O)[C@@H]3[C@@H](C2=O)[C@]2(CO)C=C[C@H]3O2)cc1. The van der Waals surface area contributed by atoms with Gasteiger partial charge in [-0.3, -0.25) is 9.59 Å². The predicted octanol–water partition coefficient (Wildman–Crippen LogP) is 0.278. The smallest absolute Gasteiger partial charge is 0.337 e. The lowest BCUT2D eigenvalue weighted by Gasteiger charge is -2.26. The number of carbonyl (C=O) groups is 3. The molecule has 0 aromatic heterocycles. The fourth-order valence-corrected chi connectivity index (χ4v) is 3.80. The Morgan fingerprint density at radius 2 is 2.00 bits per heavy atom. The number of methoxy groups -OCH3 is 1. The Kier molecular flexibility index (Phi) is 3.13. The average Bonchev–Trinajstić information content (AvgIpc) is 3.25. The molecule has 3 aliphatic rings. The minimum absolute atomic E-state index is 0.331. The van der Waals surface area contributed by atoms with E-state index in [0.29, 0.717) is 11.3 Å².